The van der Waals surface area contributed by atoms with E-state index in [4.69, 9.17) is 19.2 Å². The van der Waals surface area contributed by atoms with Crippen molar-refractivity contribution in [1.29, 1.82) is 0 Å². The largest absolute Gasteiger partial charge is 0.490 e. The number of nitrogens with zero attached hydrogens (tertiary/aromatic N) is 3. The van der Waals surface area contributed by atoms with Crippen molar-refractivity contribution in [1.82, 2.24) is 9.88 Å². The summed E-state index contributed by atoms with van der Waals surface area (Å²) in [5.41, 5.74) is 3.77. The van der Waals surface area contributed by atoms with E-state index in [1.54, 1.807) is 17.0 Å². The Balaban J connectivity index is 2.09. The van der Waals surface area contributed by atoms with Crippen LogP contribution in [0.25, 0.3) is 10.2 Å². The highest BCUT2D eigenvalue weighted by molar-refractivity contribution is 7.22. The smallest absolute Gasteiger partial charge is 0.260 e. The second-order valence-electron chi connectivity index (χ2n) is 8.26. The number of hydrogen-bond acceptors (Lipinski definition) is 7. The van der Waals surface area contributed by atoms with Crippen molar-refractivity contribution < 1.29 is 19.0 Å². The molecule has 34 heavy (non-hydrogen) atoms. The summed E-state index contributed by atoms with van der Waals surface area (Å²) in [6.07, 6.45) is 0. The molecule has 7 nitrogen and oxygen atoms in total. The summed E-state index contributed by atoms with van der Waals surface area (Å²) in [5.74, 6) is 1.37. The zero-order valence-electron chi connectivity index (χ0n) is 21.2. The molecule has 1 aromatic heterocycles. The fourth-order valence-electron chi connectivity index (χ4n) is 3.54. The summed E-state index contributed by atoms with van der Waals surface area (Å²) in [6, 6.07) is 7.70. The molecule has 0 spiro atoms. The van der Waals surface area contributed by atoms with Gasteiger partial charge in [-0.05, 0) is 84.1 Å². The standard InChI is InChI=1S/C26H35N3O4S/c1-8-31-21-15-19(16-22(32-9-2)24(21)33-10-3)25(30)29(12-11-28(6)7)26-27-20-13-17(4)18(5)14-23(20)34-26/h13-16H,8-12H2,1-7H3. The van der Waals surface area contributed by atoms with Gasteiger partial charge in [0, 0.05) is 18.7 Å². The van der Waals surface area contributed by atoms with E-state index in [2.05, 4.69) is 30.9 Å². The third kappa shape index (κ3) is 5.80. The van der Waals surface area contributed by atoms with Crippen LogP contribution in [0.1, 0.15) is 42.3 Å². The number of aromatic nitrogens is 1. The normalized spacial score (nSPS) is 11.2. The first-order valence-electron chi connectivity index (χ1n) is 11.7. The van der Waals surface area contributed by atoms with E-state index in [0.717, 1.165) is 10.2 Å². The molecule has 0 saturated heterocycles. The predicted octanol–water partition coefficient (Wildman–Crippen LogP) is 5.32. The van der Waals surface area contributed by atoms with Crippen LogP contribution in [0.5, 0.6) is 17.2 Å². The molecular formula is C26H35N3O4S. The number of rotatable bonds is 11. The minimum Gasteiger partial charge on any atom is -0.490 e. The van der Waals surface area contributed by atoms with Gasteiger partial charge in [0.25, 0.3) is 5.91 Å². The van der Waals surface area contributed by atoms with Crippen molar-refractivity contribution >= 4 is 32.6 Å². The number of thiazole rings is 1. The highest BCUT2D eigenvalue weighted by atomic mass is 32.1. The highest BCUT2D eigenvalue weighted by Crippen LogP contribution is 2.40. The number of likely N-dealkylation sites (N-methyl/N-ethyl adjacent to an activating group) is 1. The number of carbonyl (C=O) groups excluding carboxylic acids is 1. The van der Waals surface area contributed by atoms with Gasteiger partial charge in [0.15, 0.2) is 16.6 Å². The van der Waals surface area contributed by atoms with E-state index >= 15 is 0 Å². The number of amides is 1. The Morgan fingerprint density at radius 2 is 1.47 bits per heavy atom. The van der Waals surface area contributed by atoms with Gasteiger partial charge in [0.1, 0.15) is 0 Å². The molecule has 0 fully saturated rings. The molecule has 0 aliphatic heterocycles. The van der Waals surface area contributed by atoms with Crippen LogP contribution in [0.15, 0.2) is 24.3 Å². The van der Waals surface area contributed by atoms with Crippen LogP contribution in [-0.2, 0) is 0 Å². The lowest BCUT2D eigenvalue weighted by atomic mass is 10.1. The van der Waals surface area contributed by atoms with Crippen molar-refractivity contribution in [3.63, 3.8) is 0 Å². The Hall–Kier alpha value is -2.84. The number of benzene rings is 2. The summed E-state index contributed by atoms with van der Waals surface area (Å²) >= 11 is 1.53. The summed E-state index contributed by atoms with van der Waals surface area (Å²) < 4.78 is 18.5. The molecule has 0 radical (unpaired) electrons. The summed E-state index contributed by atoms with van der Waals surface area (Å²) in [6.45, 7) is 12.4. The van der Waals surface area contributed by atoms with Gasteiger partial charge in [0.2, 0.25) is 5.75 Å². The molecule has 0 N–H and O–H groups in total. The van der Waals surface area contributed by atoms with Crippen molar-refractivity contribution in [2.24, 2.45) is 0 Å². The average Bonchev–Trinajstić information content (AvgIpc) is 3.18. The van der Waals surface area contributed by atoms with Gasteiger partial charge >= 0.3 is 0 Å². The molecular weight excluding hydrogens is 450 g/mol. The molecule has 0 aliphatic rings. The third-order valence-corrected chi connectivity index (χ3v) is 6.44. The molecule has 0 atom stereocenters. The number of aryl methyl sites for hydroxylation is 2. The van der Waals surface area contributed by atoms with Crippen molar-refractivity contribution in [3.8, 4) is 17.2 Å². The quantitative estimate of drug-likeness (QED) is 0.366. The third-order valence-electron chi connectivity index (χ3n) is 5.40. The summed E-state index contributed by atoms with van der Waals surface area (Å²) in [4.78, 5) is 22.5. The molecule has 1 amide bonds. The maximum absolute atomic E-state index is 13.9. The maximum Gasteiger partial charge on any atom is 0.260 e. The van der Waals surface area contributed by atoms with E-state index in [9.17, 15) is 4.79 Å². The molecule has 0 bridgehead atoms. The first-order chi connectivity index (χ1) is 16.3. The molecule has 184 valence electrons. The van der Waals surface area contributed by atoms with Gasteiger partial charge in [-0.3, -0.25) is 9.69 Å². The van der Waals surface area contributed by atoms with Crippen LogP contribution >= 0.6 is 11.3 Å². The lowest BCUT2D eigenvalue weighted by Gasteiger charge is -2.23. The summed E-state index contributed by atoms with van der Waals surface area (Å²) in [5, 5.41) is 0.677. The van der Waals surface area contributed by atoms with Gasteiger partial charge in [-0.15, -0.1) is 0 Å². The van der Waals surface area contributed by atoms with E-state index in [1.165, 1.54) is 22.5 Å². The zero-order valence-corrected chi connectivity index (χ0v) is 22.0. The van der Waals surface area contributed by atoms with Crippen molar-refractivity contribution in [2.45, 2.75) is 34.6 Å². The number of carbonyl (C=O) groups is 1. The molecule has 3 aromatic rings. The molecule has 0 saturated carbocycles. The van der Waals surface area contributed by atoms with Crippen LogP contribution in [0, 0.1) is 13.8 Å². The Kier molecular flexibility index (Phi) is 8.74. The van der Waals surface area contributed by atoms with Crippen LogP contribution in [0.2, 0.25) is 0 Å². The first-order valence-corrected chi connectivity index (χ1v) is 12.5. The Morgan fingerprint density at radius 3 is 2.03 bits per heavy atom. The maximum atomic E-state index is 13.9. The monoisotopic (exact) mass is 485 g/mol. The minimum absolute atomic E-state index is 0.153. The van der Waals surface area contributed by atoms with E-state index in [0.29, 0.717) is 60.9 Å². The number of fused-ring (bicyclic) bond motifs is 1. The molecule has 1 heterocycles. The lowest BCUT2D eigenvalue weighted by Crippen LogP contribution is -2.36. The fraction of sp³-hybridized carbons (Fsp3) is 0.462. The SMILES string of the molecule is CCOc1cc(C(=O)N(CCN(C)C)c2nc3cc(C)c(C)cc3s2)cc(OCC)c1OCC. The molecule has 0 aliphatic carbocycles. The van der Waals surface area contributed by atoms with Crippen molar-refractivity contribution in [3.05, 3.63) is 41.0 Å². The Labute approximate surface area is 206 Å². The first kappa shape index (κ1) is 25.8. The van der Waals surface area contributed by atoms with Crippen LogP contribution in [0.3, 0.4) is 0 Å². The van der Waals surface area contributed by atoms with Gasteiger partial charge in [-0.25, -0.2) is 4.98 Å². The number of anilines is 1. The van der Waals surface area contributed by atoms with E-state index < -0.39 is 0 Å². The zero-order chi connectivity index (χ0) is 24.8. The molecule has 2 aromatic carbocycles. The van der Waals surface area contributed by atoms with Crippen LogP contribution in [0.4, 0.5) is 5.13 Å². The molecule has 8 heteroatoms. The second kappa shape index (κ2) is 11.5. The second-order valence-corrected chi connectivity index (χ2v) is 9.27. The van der Waals surface area contributed by atoms with Crippen molar-refractivity contribution in [2.75, 3.05) is 51.9 Å². The fourth-order valence-corrected chi connectivity index (χ4v) is 4.61. The van der Waals surface area contributed by atoms with E-state index in [-0.39, 0.29) is 5.91 Å². The number of hydrogen-bond donors (Lipinski definition) is 0. The molecule has 3 rings (SSSR count). The summed E-state index contributed by atoms with van der Waals surface area (Å²) in [7, 11) is 3.98. The van der Waals surface area contributed by atoms with Gasteiger partial charge < -0.3 is 19.1 Å². The van der Waals surface area contributed by atoms with Crippen LogP contribution in [-0.4, -0.2) is 62.8 Å². The number of ether oxygens (including phenoxy) is 3. The topological polar surface area (TPSA) is 64.1 Å². The van der Waals surface area contributed by atoms with Gasteiger partial charge in [-0.2, -0.15) is 0 Å². The predicted molar refractivity (Wildman–Crippen MR) is 139 cm³/mol. The van der Waals surface area contributed by atoms with E-state index in [1.807, 2.05) is 34.9 Å². The van der Waals surface area contributed by atoms with Gasteiger partial charge in [0.05, 0.1) is 30.0 Å². The van der Waals surface area contributed by atoms with Crippen LogP contribution < -0.4 is 19.1 Å². The highest BCUT2D eigenvalue weighted by Gasteiger charge is 2.25. The lowest BCUT2D eigenvalue weighted by molar-refractivity contribution is 0.0984. The molecule has 0 unspecified atom stereocenters. The average molecular weight is 486 g/mol. The minimum atomic E-state index is -0.153. The Morgan fingerprint density at radius 1 is 0.882 bits per heavy atom. The van der Waals surface area contributed by atoms with Gasteiger partial charge in [-0.1, -0.05) is 11.3 Å². The Bertz CT molecular complexity index is 1080.